The van der Waals surface area contributed by atoms with Crippen molar-refractivity contribution in [3.63, 3.8) is 0 Å². The van der Waals surface area contributed by atoms with E-state index in [1.165, 1.54) is 18.2 Å². The van der Waals surface area contributed by atoms with Crippen molar-refractivity contribution in [2.24, 2.45) is 0 Å². The summed E-state index contributed by atoms with van der Waals surface area (Å²) < 4.78 is 55.0. The molecule has 2 rings (SSSR count). The van der Waals surface area contributed by atoms with Crippen LogP contribution in [0.5, 0.6) is 5.75 Å². The molecule has 1 saturated heterocycles. The standard InChI is InChI=1S/C14H17BClF3O3/c1-12(2)13(3,4)22-15(21-12)9-6-5-7-10(8-9)20-14(18,19)11(16)17/h5-8,11H,1-4H3. The molecule has 1 atom stereocenters. The molecular weight excluding hydrogens is 319 g/mol. The molecule has 0 amide bonds. The Morgan fingerprint density at radius 2 is 1.73 bits per heavy atom. The van der Waals surface area contributed by atoms with Crippen LogP contribution in [0.2, 0.25) is 0 Å². The van der Waals surface area contributed by atoms with Gasteiger partial charge in [-0.15, -0.1) is 0 Å². The van der Waals surface area contributed by atoms with Gasteiger partial charge in [-0.05, 0) is 45.3 Å². The van der Waals surface area contributed by atoms with Crippen LogP contribution in [0.3, 0.4) is 0 Å². The lowest BCUT2D eigenvalue weighted by Crippen LogP contribution is -2.41. The minimum Gasteiger partial charge on any atom is -0.429 e. The summed E-state index contributed by atoms with van der Waals surface area (Å²) in [5.41, 5.74) is -3.55. The molecule has 1 aliphatic heterocycles. The summed E-state index contributed by atoms with van der Waals surface area (Å²) in [5, 5.41) is 0. The molecular formula is C14H17BClF3O3. The van der Waals surface area contributed by atoms with E-state index in [1.54, 1.807) is 6.07 Å². The first kappa shape index (κ1) is 17.4. The van der Waals surface area contributed by atoms with E-state index in [-0.39, 0.29) is 5.75 Å². The summed E-state index contributed by atoms with van der Waals surface area (Å²) in [5.74, 6) is -0.222. The smallest absolute Gasteiger partial charge is 0.429 e. The van der Waals surface area contributed by atoms with Crippen molar-refractivity contribution in [1.29, 1.82) is 0 Å². The van der Waals surface area contributed by atoms with Crippen molar-refractivity contribution in [3.05, 3.63) is 24.3 Å². The zero-order valence-corrected chi connectivity index (χ0v) is 13.5. The topological polar surface area (TPSA) is 27.7 Å². The highest BCUT2D eigenvalue weighted by molar-refractivity contribution is 6.62. The Bertz CT molecular complexity index is 536. The van der Waals surface area contributed by atoms with Crippen LogP contribution in [0, 0.1) is 0 Å². The molecule has 0 saturated carbocycles. The molecule has 0 aromatic heterocycles. The second-order valence-corrected chi connectivity index (χ2v) is 6.51. The van der Waals surface area contributed by atoms with Crippen LogP contribution in [0.25, 0.3) is 0 Å². The molecule has 0 radical (unpaired) electrons. The summed E-state index contributed by atoms with van der Waals surface area (Å²) in [7, 11) is -0.723. The lowest BCUT2D eigenvalue weighted by molar-refractivity contribution is -0.199. The Balaban J connectivity index is 2.20. The molecule has 0 spiro atoms. The van der Waals surface area contributed by atoms with Crippen molar-refractivity contribution in [3.8, 4) is 5.75 Å². The van der Waals surface area contributed by atoms with Crippen molar-refractivity contribution >= 4 is 24.2 Å². The van der Waals surface area contributed by atoms with E-state index in [9.17, 15) is 13.2 Å². The third-order valence-corrected chi connectivity index (χ3v) is 4.15. The largest absolute Gasteiger partial charge is 0.494 e. The van der Waals surface area contributed by atoms with Crippen LogP contribution in [0.4, 0.5) is 13.2 Å². The predicted octanol–water partition coefficient (Wildman–Crippen LogP) is 3.49. The minimum atomic E-state index is -4.11. The van der Waals surface area contributed by atoms with Gasteiger partial charge in [0.15, 0.2) is 0 Å². The average Bonchev–Trinajstić information content (AvgIpc) is 2.58. The van der Waals surface area contributed by atoms with Gasteiger partial charge in [0, 0.05) is 0 Å². The van der Waals surface area contributed by atoms with E-state index < -0.39 is 30.1 Å². The van der Waals surface area contributed by atoms with Crippen LogP contribution in [-0.2, 0) is 9.31 Å². The number of rotatable bonds is 4. The molecule has 1 heterocycles. The molecule has 3 nitrogen and oxygen atoms in total. The molecule has 8 heteroatoms. The second-order valence-electron chi connectivity index (χ2n) is 6.13. The fraction of sp³-hybridized carbons (Fsp3) is 0.571. The summed E-state index contributed by atoms with van der Waals surface area (Å²) in [6.45, 7) is 7.51. The SMILES string of the molecule is CC1(C)OB(c2cccc(OC(F)(F)C(F)Cl)c2)OC1(C)C. The first-order valence-electron chi connectivity index (χ1n) is 6.75. The van der Waals surface area contributed by atoms with Gasteiger partial charge in [-0.3, -0.25) is 0 Å². The maximum absolute atomic E-state index is 13.2. The summed E-state index contributed by atoms with van der Waals surface area (Å²) in [6.07, 6.45) is -4.11. The van der Waals surface area contributed by atoms with Crippen LogP contribution in [0.1, 0.15) is 27.7 Å². The van der Waals surface area contributed by atoms with Crippen molar-refractivity contribution in [2.45, 2.75) is 50.6 Å². The van der Waals surface area contributed by atoms with Crippen molar-refractivity contribution < 1.29 is 27.2 Å². The van der Waals surface area contributed by atoms with E-state index >= 15 is 0 Å². The monoisotopic (exact) mass is 336 g/mol. The third-order valence-electron chi connectivity index (χ3n) is 3.89. The van der Waals surface area contributed by atoms with Gasteiger partial charge in [-0.25, -0.2) is 4.39 Å². The molecule has 1 aliphatic rings. The quantitative estimate of drug-likeness (QED) is 0.622. The Labute approximate surface area is 132 Å². The average molecular weight is 337 g/mol. The fourth-order valence-electron chi connectivity index (χ4n) is 1.91. The molecule has 0 N–H and O–H groups in total. The fourth-order valence-corrected chi connectivity index (χ4v) is 1.95. The van der Waals surface area contributed by atoms with E-state index in [4.69, 9.17) is 20.9 Å². The minimum absolute atomic E-state index is 0.222. The lowest BCUT2D eigenvalue weighted by Gasteiger charge is -2.32. The maximum Gasteiger partial charge on any atom is 0.494 e. The second kappa shape index (κ2) is 5.62. The highest BCUT2D eigenvalue weighted by Gasteiger charge is 2.52. The predicted molar refractivity (Wildman–Crippen MR) is 78.5 cm³/mol. The van der Waals surface area contributed by atoms with Gasteiger partial charge in [0.25, 0.3) is 5.63 Å². The van der Waals surface area contributed by atoms with Gasteiger partial charge in [-0.1, -0.05) is 23.7 Å². The van der Waals surface area contributed by atoms with E-state index in [1.807, 2.05) is 27.7 Å². The van der Waals surface area contributed by atoms with Gasteiger partial charge < -0.3 is 14.0 Å². The number of hydrogen-bond acceptors (Lipinski definition) is 3. The molecule has 1 unspecified atom stereocenters. The lowest BCUT2D eigenvalue weighted by atomic mass is 9.79. The third kappa shape index (κ3) is 3.36. The molecule has 122 valence electrons. The van der Waals surface area contributed by atoms with Gasteiger partial charge in [-0.2, -0.15) is 8.78 Å². The van der Waals surface area contributed by atoms with E-state index in [0.29, 0.717) is 5.46 Å². The zero-order valence-electron chi connectivity index (χ0n) is 12.7. The van der Waals surface area contributed by atoms with Gasteiger partial charge in [0.2, 0.25) is 0 Å². The Kier molecular flexibility index (Phi) is 4.45. The van der Waals surface area contributed by atoms with Gasteiger partial charge in [0.05, 0.1) is 11.2 Å². The Morgan fingerprint density at radius 3 is 2.23 bits per heavy atom. The summed E-state index contributed by atoms with van der Waals surface area (Å²) in [6, 6.07) is 5.74. The normalized spacial score (nSPS) is 21.7. The maximum atomic E-state index is 13.2. The number of ether oxygens (including phenoxy) is 1. The van der Waals surface area contributed by atoms with Crippen LogP contribution < -0.4 is 10.2 Å². The van der Waals surface area contributed by atoms with Crippen LogP contribution in [-0.4, -0.2) is 30.1 Å². The van der Waals surface area contributed by atoms with Gasteiger partial charge in [0.1, 0.15) is 5.75 Å². The van der Waals surface area contributed by atoms with Crippen molar-refractivity contribution in [2.75, 3.05) is 0 Å². The highest BCUT2D eigenvalue weighted by atomic mass is 35.5. The van der Waals surface area contributed by atoms with Crippen LogP contribution in [0.15, 0.2) is 24.3 Å². The number of halogens is 4. The van der Waals surface area contributed by atoms with Gasteiger partial charge >= 0.3 is 13.2 Å². The first-order valence-corrected chi connectivity index (χ1v) is 7.19. The first-order chi connectivity index (χ1) is 9.95. The molecule has 22 heavy (non-hydrogen) atoms. The van der Waals surface area contributed by atoms with Crippen LogP contribution >= 0.6 is 11.6 Å². The molecule has 1 aromatic rings. The number of benzene rings is 1. The van der Waals surface area contributed by atoms with E-state index in [2.05, 4.69) is 4.74 Å². The highest BCUT2D eigenvalue weighted by Crippen LogP contribution is 2.37. The molecule has 1 aromatic carbocycles. The number of hydrogen-bond donors (Lipinski definition) is 0. The Hall–Kier alpha value is -0.915. The van der Waals surface area contributed by atoms with E-state index in [0.717, 1.165) is 0 Å². The summed E-state index contributed by atoms with van der Waals surface area (Å²) in [4.78, 5) is 0. The molecule has 0 bridgehead atoms. The Morgan fingerprint density at radius 1 is 1.18 bits per heavy atom. The zero-order chi connectivity index (χ0) is 16.8. The molecule has 0 aliphatic carbocycles. The van der Waals surface area contributed by atoms with Crippen molar-refractivity contribution in [1.82, 2.24) is 0 Å². The summed E-state index contributed by atoms with van der Waals surface area (Å²) >= 11 is 4.77. The number of alkyl halides is 4. The molecule has 1 fully saturated rings.